The summed E-state index contributed by atoms with van der Waals surface area (Å²) < 4.78 is 1.11. The van der Waals surface area contributed by atoms with Crippen molar-refractivity contribution < 1.29 is 0 Å². The first-order chi connectivity index (χ1) is 9.74. The summed E-state index contributed by atoms with van der Waals surface area (Å²) in [4.78, 5) is 6.66. The van der Waals surface area contributed by atoms with Crippen LogP contribution < -0.4 is 5.32 Å². The first-order valence-corrected chi connectivity index (χ1v) is 7.61. The minimum absolute atomic E-state index is 0.945. The summed E-state index contributed by atoms with van der Waals surface area (Å²) in [7, 11) is 2.15. The number of nitrogens with one attached hydrogen (secondary N) is 1. The van der Waals surface area contributed by atoms with Crippen LogP contribution in [-0.2, 0) is 6.42 Å². The van der Waals surface area contributed by atoms with E-state index in [4.69, 9.17) is 0 Å². The molecule has 106 valence electrons. The van der Waals surface area contributed by atoms with Crippen LogP contribution in [0.1, 0.15) is 5.69 Å². The van der Waals surface area contributed by atoms with Crippen LogP contribution in [0.5, 0.6) is 0 Å². The van der Waals surface area contributed by atoms with Gasteiger partial charge in [-0.15, -0.1) is 0 Å². The van der Waals surface area contributed by atoms with E-state index in [9.17, 15) is 0 Å². The number of hydrogen-bond acceptors (Lipinski definition) is 3. The Morgan fingerprint density at radius 3 is 2.60 bits per heavy atom. The molecule has 0 saturated heterocycles. The Balaban J connectivity index is 1.65. The second-order valence-corrected chi connectivity index (χ2v) is 5.72. The largest absolute Gasteiger partial charge is 0.384 e. The summed E-state index contributed by atoms with van der Waals surface area (Å²) in [5.74, 6) is 0. The van der Waals surface area contributed by atoms with Crippen molar-refractivity contribution in [2.45, 2.75) is 6.42 Å². The number of nitrogens with zero attached hydrogens (tertiary/aromatic N) is 2. The van der Waals surface area contributed by atoms with E-state index in [0.29, 0.717) is 0 Å². The Morgan fingerprint density at radius 1 is 1.10 bits per heavy atom. The summed E-state index contributed by atoms with van der Waals surface area (Å²) in [6, 6.07) is 14.3. The summed E-state index contributed by atoms with van der Waals surface area (Å²) >= 11 is 3.44. The van der Waals surface area contributed by atoms with Crippen molar-refractivity contribution in [2.75, 3.05) is 32.0 Å². The van der Waals surface area contributed by atoms with Gasteiger partial charge in [0.2, 0.25) is 0 Å². The zero-order chi connectivity index (χ0) is 14.2. The predicted octanol–water partition coefficient (Wildman–Crippen LogP) is 3.43. The first-order valence-electron chi connectivity index (χ1n) is 6.82. The van der Waals surface area contributed by atoms with Crippen molar-refractivity contribution in [1.29, 1.82) is 0 Å². The van der Waals surface area contributed by atoms with E-state index in [1.165, 1.54) is 0 Å². The number of aromatic nitrogens is 1. The predicted molar refractivity (Wildman–Crippen MR) is 88.1 cm³/mol. The molecule has 0 spiro atoms. The van der Waals surface area contributed by atoms with E-state index < -0.39 is 0 Å². The Hall–Kier alpha value is -1.39. The van der Waals surface area contributed by atoms with E-state index in [1.54, 1.807) is 0 Å². The molecule has 1 aromatic carbocycles. The number of rotatable bonds is 7. The van der Waals surface area contributed by atoms with Gasteiger partial charge in [0.15, 0.2) is 0 Å². The number of pyridine rings is 1. The number of benzene rings is 1. The zero-order valence-corrected chi connectivity index (χ0v) is 13.3. The van der Waals surface area contributed by atoms with Crippen LogP contribution in [0, 0.1) is 0 Å². The Morgan fingerprint density at radius 2 is 1.90 bits per heavy atom. The molecule has 0 bridgehead atoms. The number of halogens is 1. The lowest BCUT2D eigenvalue weighted by atomic mass is 10.2. The van der Waals surface area contributed by atoms with Gasteiger partial charge in [-0.2, -0.15) is 0 Å². The average Bonchev–Trinajstić information content (AvgIpc) is 2.48. The number of anilines is 1. The van der Waals surface area contributed by atoms with Crippen molar-refractivity contribution >= 4 is 21.6 Å². The van der Waals surface area contributed by atoms with E-state index in [-0.39, 0.29) is 0 Å². The normalized spacial score (nSPS) is 10.8. The van der Waals surface area contributed by atoms with Crippen LogP contribution >= 0.6 is 15.9 Å². The van der Waals surface area contributed by atoms with Crippen LogP contribution in [0.25, 0.3) is 0 Å². The minimum atomic E-state index is 0.945. The molecule has 2 aromatic rings. The van der Waals surface area contributed by atoms with E-state index in [1.807, 2.05) is 30.5 Å². The third kappa shape index (κ3) is 5.31. The summed E-state index contributed by atoms with van der Waals surface area (Å²) in [5, 5.41) is 3.42. The monoisotopic (exact) mass is 333 g/mol. The Labute approximate surface area is 129 Å². The average molecular weight is 334 g/mol. The van der Waals surface area contributed by atoms with Gasteiger partial charge in [-0.3, -0.25) is 4.98 Å². The molecule has 0 amide bonds. The lowest BCUT2D eigenvalue weighted by Crippen LogP contribution is -2.27. The highest BCUT2D eigenvalue weighted by atomic mass is 79.9. The maximum Gasteiger partial charge on any atom is 0.0416 e. The van der Waals surface area contributed by atoms with Crippen LogP contribution in [0.2, 0.25) is 0 Å². The second kappa shape index (κ2) is 8.02. The molecule has 1 aromatic heterocycles. The van der Waals surface area contributed by atoms with Gasteiger partial charge >= 0.3 is 0 Å². The summed E-state index contributed by atoms with van der Waals surface area (Å²) in [5.41, 5.74) is 2.31. The quantitative estimate of drug-likeness (QED) is 0.841. The smallest absolute Gasteiger partial charge is 0.0416 e. The second-order valence-electron chi connectivity index (χ2n) is 4.81. The van der Waals surface area contributed by atoms with Crippen LogP contribution in [0.4, 0.5) is 5.69 Å². The lowest BCUT2D eigenvalue weighted by molar-refractivity contribution is 0.350. The maximum absolute atomic E-state index is 4.34. The van der Waals surface area contributed by atoms with Gasteiger partial charge in [-0.1, -0.05) is 22.0 Å². The highest BCUT2D eigenvalue weighted by Crippen LogP contribution is 2.13. The molecular formula is C16H20BrN3. The fraction of sp³-hybridized carbons (Fsp3) is 0.312. The molecule has 0 radical (unpaired) electrons. The molecule has 0 aliphatic carbocycles. The molecule has 1 heterocycles. The van der Waals surface area contributed by atoms with Gasteiger partial charge in [-0.05, 0) is 43.4 Å². The number of hydrogen-bond donors (Lipinski definition) is 1. The summed E-state index contributed by atoms with van der Waals surface area (Å²) in [6.07, 6.45) is 2.85. The molecular weight excluding hydrogens is 314 g/mol. The Kier molecular flexibility index (Phi) is 6.02. The third-order valence-corrected chi connectivity index (χ3v) is 3.67. The van der Waals surface area contributed by atoms with E-state index in [0.717, 1.165) is 41.9 Å². The van der Waals surface area contributed by atoms with Gasteiger partial charge in [-0.25, -0.2) is 0 Å². The van der Waals surface area contributed by atoms with Gasteiger partial charge < -0.3 is 10.2 Å². The fourth-order valence-corrected chi connectivity index (χ4v) is 2.19. The molecule has 0 aliphatic heterocycles. The van der Waals surface area contributed by atoms with E-state index >= 15 is 0 Å². The van der Waals surface area contributed by atoms with Crippen molar-refractivity contribution in [1.82, 2.24) is 9.88 Å². The van der Waals surface area contributed by atoms with Gasteiger partial charge in [0, 0.05) is 48.1 Å². The molecule has 0 saturated carbocycles. The first kappa shape index (κ1) is 15.0. The fourth-order valence-electron chi connectivity index (χ4n) is 1.92. The van der Waals surface area contributed by atoms with Crippen molar-refractivity contribution in [2.24, 2.45) is 0 Å². The SMILES string of the molecule is CN(CCNc1ccc(Br)cc1)CCc1ccccn1. The molecule has 0 atom stereocenters. The standard InChI is InChI=1S/C16H20BrN3/c1-20(12-9-15-4-2-3-10-18-15)13-11-19-16-7-5-14(17)6-8-16/h2-8,10,19H,9,11-13H2,1H3. The van der Waals surface area contributed by atoms with E-state index in [2.05, 4.69) is 56.4 Å². The van der Waals surface area contributed by atoms with Gasteiger partial charge in [0.1, 0.15) is 0 Å². The zero-order valence-electron chi connectivity index (χ0n) is 11.7. The van der Waals surface area contributed by atoms with Crippen LogP contribution in [0.15, 0.2) is 53.1 Å². The van der Waals surface area contributed by atoms with Crippen molar-refractivity contribution in [3.05, 3.63) is 58.8 Å². The topological polar surface area (TPSA) is 28.2 Å². The molecule has 2 rings (SSSR count). The minimum Gasteiger partial charge on any atom is -0.384 e. The Bertz CT molecular complexity index is 499. The molecule has 20 heavy (non-hydrogen) atoms. The molecule has 0 aliphatic rings. The van der Waals surface area contributed by atoms with Crippen molar-refractivity contribution in [3.63, 3.8) is 0 Å². The van der Waals surface area contributed by atoms with Crippen molar-refractivity contribution in [3.8, 4) is 0 Å². The van der Waals surface area contributed by atoms with Gasteiger partial charge in [0.05, 0.1) is 0 Å². The van der Waals surface area contributed by atoms with Crippen LogP contribution in [0.3, 0.4) is 0 Å². The summed E-state index contributed by atoms with van der Waals surface area (Å²) in [6.45, 7) is 2.99. The molecule has 4 heteroatoms. The van der Waals surface area contributed by atoms with Crippen LogP contribution in [-0.4, -0.2) is 36.6 Å². The highest BCUT2D eigenvalue weighted by molar-refractivity contribution is 9.10. The third-order valence-electron chi connectivity index (χ3n) is 3.14. The molecule has 0 unspecified atom stereocenters. The number of likely N-dealkylation sites (N-methyl/N-ethyl adjacent to an activating group) is 1. The maximum atomic E-state index is 4.34. The van der Waals surface area contributed by atoms with Gasteiger partial charge in [0.25, 0.3) is 0 Å². The molecule has 3 nitrogen and oxygen atoms in total. The molecule has 1 N–H and O–H groups in total. The molecule has 0 fully saturated rings. The highest BCUT2D eigenvalue weighted by Gasteiger charge is 2.00. The lowest BCUT2D eigenvalue weighted by Gasteiger charge is -2.17.